The summed E-state index contributed by atoms with van der Waals surface area (Å²) in [6.07, 6.45) is 3.47. The van der Waals surface area contributed by atoms with Gasteiger partial charge in [-0.3, -0.25) is 24.1 Å². The molecule has 1 fully saturated rings. The zero-order chi connectivity index (χ0) is 25.1. The summed E-state index contributed by atoms with van der Waals surface area (Å²) in [6, 6.07) is 13.9. The average Bonchev–Trinajstić information content (AvgIpc) is 3.32. The standard InChI is InChI=1S/C26H24ClN3O4S/c1-3-28(4-2)24(32)16-29-14-18(20-7-5-6-8-21(20)29)13-23-25(33)30(26(34)35-23)15-22(31)17-9-11-19(27)12-10-17/h5-14H,3-4,15-16H2,1-2H3/b23-13-. The van der Waals surface area contributed by atoms with Gasteiger partial charge in [0.2, 0.25) is 5.91 Å². The molecule has 3 aromatic rings. The topological polar surface area (TPSA) is 79.7 Å². The second-order valence-electron chi connectivity index (χ2n) is 7.99. The minimum atomic E-state index is -0.515. The van der Waals surface area contributed by atoms with E-state index in [9.17, 15) is 19.2 Å². The maximum atomic E-state index is 13.0. The van der Waals surface area contributed by atoms with Crippen LogP contribution in [-0.2, 0) is 16.1 Å². The highest BCUT2D eigenvalue weighted by Gasteiger charge is 2.36. The predicted molar refractivity (Wildman–Crippen MR) is 138 cm³/mol. The number of thioether (sulfide) groups is 1. The molecule has 7 nitrogen and oxygen atoms in total. The second-order valence-corrected chi connectivity index (χ2v) is 9.42. The summed E-state index contributed by atoms with van der Waals surface area (Å²) >= 11 is 6.67. The lowest BCUT2D eigenvalue weighted by Gasteiger charge is -2.19. The van der Waals surface area contributed by atoms with Gasteiger partial charge in [0.05, 0.1) is 11.4 Å². The first-order valence-corrected chi connectivity index (χ1v) is 12.4. The van der Waals surface area contributed by atoms with Gasteiger partial charge in [-0.25, -0.2) is 0 Å². The molecule has 2 heterocycles. The summed E-state index contributed by atoms with van der Waals surface area (Å²) in [5.41, 5.74) is 1.96. The van der Waals surface area contributed by atoms with Crippen LogP contribution in [0.2, 0.25) is 5.02 Å². The van der Waals surface area contributed by atoms with Gasteiger partial charge in [0.25, 0.3) is 11.1 Å². The molecular formula is C26H24ClN3O4S. The number of likely N-dealkylation sites (N-methyl/N-ethyl adjacent to an activating group) is 1. The van der Waals surface area contributed by atoms with Crippen molar-refractivity contribution >= 4 is 63.2 Å². The summed E-state index contributed by atoms with van der Waals surface area (Å²) in [4.78, 5) is 53.8. The zero-order valence-electron chi connectivity index (χ0n) is 19.4. The van der Waals surface area contributed by atoms with Crippen LogP contribution >= 0.6 is 23.4 Å². The van der Waals surface area contributed by atoms with E-state index in [0.29, 0.717) is 23.7 Å². The molecule has 0 aliphatic carbocycles. The van der Waals surface area contributed by atoms with E-state index < -0.39 is 11.1 Å². The number of amides is 3. The molecule has 0 radical (unpaired) electrons. The number of carbonyl (C=O) groups excluding carboxylic acids is 4. The summed E-state index contributed by atoms with van der Waals surface area (Å²) in [5.74, 6) is -0.863. The Morgan fingerprint density at radius 1 is 1.00 bits per heavy atom. The second kappa shape index (κ2) is 10.5. The van der Waals surface area contributed by atoms with Crippen molar-refractivity contribution in [3.63, 3.8) is 0 Å². The van der Waals surface area contributed by atoms with Gasteiger partial charge in [-0.2, -0.15) is 0 Å². The van der Waals surface area contributed by atoms with Gasteiger partial charge in [0, 0.05) is 46.3 Å². The number of fused-ring (bicyclic) bond motifs is 1. The number of benzene rings is 2. The van der Waals surface area contributed by atoms with Crippen LogP contribution in [0.3, 0.4) is 0 Å². The average molecular weight is 510 g/mol. The van der Waals surface area contributed by atoms with Crippen LogP contribution in [-0.4, -0.2) is 56.8 Å². The number of nitrogens with zero attached hydrogens (tertiary/aromatic N) is 3. The van der Waals surface area contributed by atoms with Crippen molar-refractivity contribution in [2.45, 2.75) is 20.4 Å². The van der Waals surface area contributed by atoms with Gasteiger partial charge < -0.3 is 9.47 Å². The maximum absolute atomic E-state index is 13.0. The van der Waals surface area contributed by atoms with Gasteiger partial charge in [-0.1, -0.05) is 29.8 Å². The molecule has 0 bridgehead atoms. The Hall–Kier alpha value is -3.36. The first kappa shape index (κ1) is 24.8. The lowest BCUT2D eigenvalue weighted by molar-refractivity contribution is -0.131. The van der Waals surface area contributed by atoms with Gasteiger partial charge >= 0.3 is 0 Å². The van der Waals surface area contributed by atoms with Gasteiger partial charge in [-0.05, 0) is 62.0 Å². The highest BCUT2D eigenvalue weighted by molar-refractivity contribution is 8.18. The highest BCUT2D eigenvalue weighted by Crippen LogP contribution is 2.34. The van der Waals surface area contributed by atoms with Gasteiger partial charge in [-0.15, -0.1) is 0 Å². The van der Waals surface area contributed by atoms with Crippen molar-refractivity contribution in [2.75, 3.05) is 19.6 Å². The molecule has 4 rings (SSSR count). The van der Waals surface area contributed by atoms with Crippen molar-refractivity contribution in [3.8, 4) is 0 Å². The zero-order valence-corrected chi connectivity index (χ0v) is 20.9. The summed E-state index contributed by atoms with van der Waals surface area (Å²) < 4.78 is 1.86. The third-order valence-corrected chi connectivity index (χ3v) is 7.03. The number of imide groups is 1. The van der Waals surface area contributed by atoms with E-state index >= 15 is 0 Å². The van der Waals surface area contributed by atoms with E-state index in [0.717, 1.165) is 33.1 Å². The Kier molecular flexibility index (Phi) is 7.42. The molecule has 0 unspecified atom stereocenters. The normalized spacial score (nSPS) is 14.8. The number of ketones is 1. The van der Waals surface area contributed by atoms with Crippen LogP contribution in [0.4, 0.5) is 4.79 Å². The molecule has 0 atom stereocenters. The lowest BCUT2D eigenvalue weighted by atomic mass is 10.1. The molecule has 1 aliphatic heterocycles. The number of Topliss-reactive ketones (excluding diaryl/α,β-unsaturated/α-hetero) is 1. The van der Waals surface area contributed by atoms with Crippen molar-refractivity contribution in [2.24, 2.45) is 0 Å². The van der Waals surface area contributed by atoms with Gasteiger partial charge in [0.1, 0.15) is 6.54 Å². The summed E-state index contributed by atoms with van der Waals surface area (Å²) in [6.45, 7) is 4.96. The fourth-order valence-electron chi connectivity index (χ4n) is 3.99. The monoisotopic (exact) mass is 509 g/mol. The van der Waals surface area contributed by atoms with Gasteiger partial charge in [0.15, 0.2) is 5.78 Å². The predicted octanol–water partition coefficient (Wildman–Crippen LogP) is 5.08. The largest absolute Gasteiger partial charge is 0.342 e. The Bertz CT molecular complexity index is 1340. The van der Waals surface area contributed by atoms with Crippen molar-refractivity contribution in [1.29, 1.82) is 0 Å². The summed E-state index contributed by atoms with van der Waals surface area (Å²) in [5, 5.41) is 0.863. The highest BCUT2D eigenvalue weighted by atomic mass is 35.5. The Labute approximate surface area is 212 Å². The van der Waals surface area contributed by atoms with Crippen LogP contribution in [0.15, 0.2) is 59.6 Å². The molecule has 1 saturated heterocycles. The minimum absolute atomic E-state index is 0.00309. The molecule has 0 saturated carbocycles. The lowest BCUT2D eigenvalue weighted by Crippen LogP contribution is -2.33. The molecule has 1 aliphatic rings. The van der Waals surface area contributed by atoms with Crippen LogP contribution in [0.5, 0.6) is 0 Å². The first-order chi connectivity index (χ1) is 16.8. The number of rotatable bonds is 8. The first-order valence-electron chi connectivity index (χ1n) is 11.2. The van der Waals surface area contributed by atoms with Crippen molar-refractivity contribution in [3.05, 3.63) is 75.8 Å². The van der Waals surface area contributed by atoms with E-state index in [2.05, 4.69) is 0 Å². The number of hydrogen-bond acceptors (Lipinski definition) is 5. The molecule has 35 heavy (non-hydrogen) atoms. The van der Waals surface area contributed by atoms with Crippen LogP contribution in [0.25, 0.3) is 17.0 Å². The molecule has 2 aromatic carbocycles. The van der Waals surface area contributed by atoms with E-state index in [1.54, 1.807) is 35.2 Å². The molecule has 180 valence electrons. The fraction of sp³-hybridized carbons (Fsp3) is 0.231. The van der Waals surface area contributed by atoms with E-state index in [4.69, 9.17) is 11.6 Å². The number of halogens is 1. The molecule has 9 heteroatoms. The quantitative estimate of drug-likeness (QED) is 0.312. The summed E-state index contributed by atoms with van der Waals surface area (Å²) in [7, 11) is 0. The molecular weight excluding hydrogens is 486 g/mol. The van der Waals surface area contributed by atoms with Crippen LogP contribution in [0, 0.1) is 0 Å². The maximum Gasteiger partial charge on any atom is 0.293 e. The Morgan fingerprint density at radius 2 is 1.69 bits per heavy atom. The Balaban J connectivity index is 1.59. The van der Waals surface area contributed by atoms with E-state index in [-0.39, 0.29) is 29.7 Å². The van der Waals surface area contributed by atoms with Crippen molar-refractivity contribution in [1.82, 2.24) is 14.4 Å². The van der Waals surface area contributed by atoms with Crippen LogP contribution < -0.4 is 0 Å². The van der Waals surface area contributed by atoms with Crippen molar-refractivity contribution < 1.29 is 19.2 Å². The van der Waals surface area contributed by atoms with E-state index in [1.165, 1.54) is 0 Å². The molecule has 0 spiro atoms. The third kappa shape index (κ3) is 5.18. The Morgan fingerprint density at radius 3 is 2.37 bits per heavy atom. The number of carbonyl (C=O) groups is 4. The number of para-hydroxylation sites is 1. The fourth-order valence-corrected chi connectivity index (χ4v) is 4.95. The van der Waals surface area contributed by atoms with E-state index in [1.807, 2.05) is 48.9 Å². The molecule has 0 N–H and O–H groups in total. The third-order valence-electron chi connectivity index (χ3n) is 5.87. The number of aromatic nitrogens is 1. The molecule has 1 aromatic heterocycles. The number of hydrogen-bond donors (Lipinski definition) is 0. The SMILES string of the molecule is CCN(CC)C(=O)Cn1cc(/C=C2\SC(=O)N(CC(=O)c3ccc(Cl)cc3)C2=O)c2ccccc21. The van der Waals surface area contributed by atoms with Crippen LogP contribution in [0.1, 0.15) is 29.8 Å². The molecule has 3 amide bonds. The smallest absolute Gasteiger partial charge is 0.293 e. The minimum Gasteiger partial charge on any atom is -0.342 e.